The second-order valence-electron chi connectivity index (χ2n) is 4.79. The number of imidazole rings is 1. The molecule has 0 atom stereocenters. The van der Waals surface area contributed by atoms with Crippen LogP contribution in [0.15, 0.2) is 18.6 Å². The molecule has 0 saturated heterocycles. The van der Waals surface area contributed by atoms with Gasteiger partial charge in [-0.15, -0.1) is 0 Å². The first-order chi connectivity index (χ1) is 8.76. The molecule has 96 valence electrons. The van der Waals surface area contributed by atoms with Gasteiger partial charge >= 0.3 is 0 Å². The van der Waals surface area contributed by atoms with Crippen molar-refractivity contribution in [1.29, 1.82) is 0 Å². The topological polar surface area (TPSA) is 100 Å². The maximum absolute atomic E-state index is 9.29. The Balaban J connectivity index is 1.87. The number of nitrogens with zero attached hydrogens (tertiary/aromatic N) is 3. The van der Waals surface area contributed by atoms with Crippen LogP contribution in [0.5, 0.6) is 0 Å². The zero-order valence-corrected chi connectivity index (χ0v) is 9.93. The largest absolute Gasteiger partial charge is 0.396 e. The molecule has 0 amide bonds. The van der Waals surface area contributed by atoms with Crippen LogP contribution < -0.4 is 16.6 Å². The molecule has 7 nitrogen and oxygen atoms in total. The number of aromatic nitrogens is 3. The highest BCUT2D eigenvalue weighted by atomic mass is 16.3. The van der Waals surface area contributed by atoms with E-state index in [0.29, 0.717) is 18.2 Å². The van der Waals surface area contributed by atoms with Gasteiger partial charge in [0.1, 0.15) is 0 Å². The normalized spacial score (nSPS) is 16.8. The quantitative estimate of drug-likeness (QED) is 0.445. The van der Waals surface area contributed by atoms with Crippen molar-refractivity contribution in [2.75, 3.05) is 23.9 Å². The van der Waals surface area contributed by atoms with E-state index in [9.17, 15) is 5.11 Å². The Morgan fingerprint density at radius 1 is 1.50 bits per heavy atom. The van der Waals surface area contributed by atoms with Crippen LogP contribution >= 0.6 is 0 Å². The third-order valence-electron chi connectivity index (χ3n) is 3.45. The molecule has 1 fully saturated rings. The lowest BCUT2D eigenvalue weighted by Crippen LogP contribution is -2.20. The highest BCUT2D eigenvalue weighted by Crippen LogP contribution is 2.44. The van der Waals surface area contributed by atoms with Gasteiger partial charge in [-0.2, -0.15) is 0 Å². The lowest BCUT2D eigenvalue weighted by Gasteiger charge is -2.14. The summed E-state index contributed by atoms with van der Waals surface area (Å²) in [4.78, 5) is 8.59. The van der Waals surface area contributed by atoms with E-state index in [2.05, 4.69) is 20.7 Å². The fourth-order valence-corrected chi connectivity index (χ4v) is 1.96. The van der Waals surface area contributed by atoms with Crippen LogP contribution in [0, 0.1) is 5.41 Å². The van der Waals surface area contributed by atoms with Crippen molar-refractivity contribution in [3.8, 4) is 0 Å². The summed E-state index contributed by atoms with van der Waals surface area (Å²) in [6, 6.07) is 0. The van der Waals surface area contributed by atoms with Crippen LogP contribution in [0.3, 0.4) is 0 Å². The second kappa shape index (κ2) is 4.11. The lowest BCUT2D eigenvalue weighted by atomic mass is 10.1. The molecule has 0 bridgehead atoms. The number of nitrogens with one attached hydrogen (secondary N) is 2. The van der Waals surface area contributed by atoms with Crippen LogP contribution in [-0.2, 0) is 0 Å². The van der Waals surface area contributed by atoms with Gasteiger partial charge in [-0.3, -0.25) is 0 Å². The molecule has 0 aromatic carbocycles. The van der Waals surface area contributed by atoms with Crippen LogP contribution in [0.1, 0.15) is 12.8 Å². The van der Waals surface area contributed by atoms with E-state index in [4.69, 9.17) is 5.84 Å². The molecule has 2 aromatic rings. The SMILES string of the molecule is NNc1cn2ccnc2c(NCC2(CO)CC2)n1. The molecule has 5 N–H and O–H groups in total. The number of hydrogen-bond acceptors (Lipinski definition) is 6. The van der Waals surface area contributed by atoms with Crippen molar-refractivity contribution in [1.82, 2.24) is 14.4 Å². The minimum absolute atomic E-state index is 0.0252. The smallest absolute Gasteiger partial charge is 0.180 e. The average Bonchev–Trinajstić information content (AvgIpc) is 3.04. The maximum atomic E-state index is 9.29. The number of nitrogen functional groups attached to an aromatic ring is 1. The number of nitrogens with two attached hydrogens (primary N) is 1. The molecule has 18 heavy (non-hydrogen) atoms. The summed E-state index contributed by atoms with van der Waals surface area (Å²) >= 11 is 0. The number of hydrogen-bond donors (Lipinski definition) is 4. The summed E-state index contributed by atoms with van der Waals surface area (Å²) in [5, 5.41) is 12.5. The fourth-order valence-electron chi connectivity index (χ4n) is 1.96. The Morgan fingerprint density at radius 3 is 3.00 bits per heavy atom. The third kappa shape index (κ3) is 1.87. The van der Waals surface area contributed by atoms with Crippen LogP contribution in [-0.4, -0.2) is 32.6 Å². The van der Waals surface area contributed by atoms with E-state index in [1.807, 2.05) is 10.6 Å². The standard InChI is InChI=1S/C11H16N6O/c12-16-8-5-17-4-3-13-10(17)9(15-8)14-6-11(7-18)1-2-11/h3-5,16,18H,1-2,6-7,12H2,(H,14,15). The van der Waals surface area contributed by atoms with E-state index in [0.717, 1.165) is 18.5 Å². The number of anilines is 2. The van der Waals surface area contributed by atoms with Crippen molar-refractivity contribution in [2.24, 2.45) is 11.3 Å². The average molecular weight is 248 g/mol. The van der Waals surface area contributed by atoms with Crippen molar-refractivity contribution in [3.05, 3.63) is 18.6 Å². The first kappa shape index (κ1) is 11.2. The number of aliphatic hydroxyl groups is 1. The number of hydrazine groups is 1. The molecular formula is C11H16N6O. The molecule has 2 heterocycles. The predicted molar refractivity (Wildman–Crippen MR) is 68.0 cm³/mol. The van der Waals surface area contributed by atoms with Gasteiger partial charge in [0, 0.05) is 24.4 Å². The highest BCUT2D eigenvalue weighted by Gasteiger charge is 2.41. The molecule has 1 aliphatic carbocycles. The summed E-state index contributed by atoms with van der Waals surface area (Å²) < 4.78 is 1.85. The zero-order chi connectivity index (χ0) is 12.6. The van der Waals surface area contributed by atoms with Gasteiger partial charge < -0.3 is 20.2 Å². The summed E-state index contributed by atoms with van der Waals surface area (Å²) in [6.45, 7) is 0.909. The lowest BCUT2D eigenvalue weighted by molar-refractivity contribution is 0.219. The predicted octanol–water partition coefficient (Wildman–Crippen LogP) is 0.199. The van der Waals surface area contributed by atoms with E-state index in [-0.39, 0.29) is 12.0 Å². The highest BCUT2D eigenvalue weighted by molar-refractivity contribution is 5.65. The number of fused-ring (bicyclic) bond motifs is 1. The summed E-state index contributed by atoms with van der Waals surface area (Å²) in [6.07, 6.45) is 7.42. The third-order valence-corrected chi connectivity index (χ3v) is 3.45. The molecule has 3 rings (SSSR count). The monoisotopic (exact) mass is 248 g/mol. The Labute approximate surface area is 104 Å². The van der Waals surface area contributed by atoms with Gasteiger partial charge in [0.2, 0.25) is 0 Å². The van der Waals surface area contributed by atoms with Gasteiger partial charge in [0.25, 0.3) is 0 Å². The molecular weight excluding hydrogens is 232 g/mol. The summed E-state index contributed by atoms with van der Waals surface area (Å²) in [5.41, 5.74) is 3.30. The Kier molecular flexibility index (Phi) is 2.57. The summed E-state index contributed by atoms with van der Waals surface area (Å²) in [5.74, 6) is 6.63. The number of rotatable bonds is 5. The molecule has 7 heteroatoms. The van der Waals surface area contributed by atoms with Gasteiger partial charge in [-0.05, 0) is 12.8 Å². The number of aliphatic hydroxyl groups excluding tert-OH is 1. The molecule has 1 saturated carbocycles. The van der Waals surface area contributed by atoms with Gasteiger partial charge in [-0.25, -0.2) is 15.8 Å². The molecule has 2 aromatic heterocycles. The van der Waals surface area contributed by atoms with E-state index >= 15 is 0 Å². The van der Waals surface area contributed by atoms with Gasteiger partial charge in [0.15, 0.2) is 17.3 Å². The molecule has 0 unspecified atom stereocenters. The second-order valence-corrected chi connectivity index (χ2v) is 4.79. The van der Waals surface area contributed by atoms with Gasteiger partial charge in [-0.1, -0.05) is 0 Å². The Bertz CT molecular complexity index is 562. The van der Waals surface area contributed by atoms with Crippen molar-refractivity contribution in [2.45, 2.75) is 12.8 Å². The first-order valence-electron chi connectivity index (χ1n) is 5.91. The van der Waals surface area contributed by atoms with Crippen molar-refractivity contribution >= 4 is 17.3 Å². The minimum Gasteiger partial charge on any atom is -0.396 e. The molecule has 0 aliphatic heterocycles. The molecule has 0 radical (unpaired) electrons. The van der Waals surface area contributed by atoms with Crippen LogP contribution in [0.2, 0.25) is 0 Å². The Morgan fingerprint density at radius 2 is 2.33 bits per heavy atom. The van der Waals surface area contributed by atoms with Crippen molar-refractivity contribution in [3.63, 3.8) is 0 Å². The molecule has 1 aliphatic rings. The van der Waals surface area contributed by atoms with Crippen LogP contribution in [0.4, 0.5) is 11.6 Å². The van der Waals surface area contributed by atoms with E-state index in [1.165, 1.54) is 0 Å². The van der Waals surface area contributed by atoms with E-state index in [1.54, 1.807) is 12.4 Å². The minimum atomic E-state index is 0.0252. The van der Waals surface area contributed by atoms with Gasteiger partial charge in [0.05, 0.1) is 12.8 Å². The summed E-state index contributed by atoms with van der Waals surface area (Å²) in [7, 11) is 0. The maximum Gasteiger partial charge on any atom is 0.180 e. The zero-order valence-electron chi connectivity index (χ0n) is 9.93. The fraction of sp³-hybridized carbons (Fsp3) is 0.455. The Hall–Kier alpha value is -1.86. The first-order valence-corrected chi connectivity index (χ1v) is 5.91. The van der Waals surface area contributed by atoms with Crippen molar-refractivity contribution < 1.29 is 5.11 Å². The van der Waals surface area contributed by atoms with E-state index < -0.39 is 0 Å². The van der Waals surface area contributed by atoms with Crippen LogP contribution in [0.25, 0.3) is 5.65 Å². The molecule has 0 spiro atoms.